The maximum atomic E-state index is 12.7. The molecule has 6 nitrogen and oxygen atoms in total. The second-order valence-electron chi connectivity index (χ2n) is 17.6. The zero-order valence-electron chi connectivity index (χ0n) is 37.0. The minimum atomic E-state index is -0.762. The minimum absolute atomic E-state index is 0.0665. The molecule has 0 spiro atoms. The Morgan fingerprint density at radius 3 is 0.963 bits per heavy atom. The molecule has 0 saturated heterocycles. The van der Waals surface area contributed by atoms with Gasteiger partial charge in [0.2, 0.25) is 0 Å². The molecule has 0 aromatic heterocycles. The SMILES string of the molecule is CCC(C)CCCCCCCCC(=O)O[C@H](COC(=O)CCCCCCCCCCCCCC(C)C)COC(=O)CCCCCCCCCCCC(C)C. The van der Waals surface area contributed by atoms with Crippen LogP contribution in [0.1, 0.15) is 253 Å². The van der Waals surface area contributed by atoms with Crippen LogP contribution in [0.4, 0.5) is 0 Å². The maximum absolute atomic E-state index is 12.7. The minimum Gasteiger partial charge on any atom is -0.462 e. The average Bonchev–Trinajstić information content (AvgIpc) is 3.14. The van der Waals surface area contributed by atoms with Crippen molar-refractivity contribution in [1.82, 2.24) is 0 Å². The quantitative estimate of drug-likeness (QED) is 0.0350. The van der Waals surface area contributed by atoms with Crippen LogP contribution in [0.2, 0.25) is 0 Å². The van der Waals surface area contributed by atoms with E-state index < -0.39 is 6.10 Å². The van der Waals surface area contributed by atoms with Crippen LogP contribution in [0, 0.1) is 17.8 Å². The number of ether oxygens (including phenoxy) is 3. The molecule has 0 rings (SSSR count). The van der Waals surface area contributed by atoms with Gasteiger partial charge < -0.3 is 14.2 Å². The Kier molecular flexibility index (Phi) is 38.5. The second-order valence-corrected chi connectivity index (χ2v) is 17.6. The normalized spacial score (nSPS) is 12.7. The Morgan fingerprint density at radius 2 is 0.648 bits per heavy atom. The van der Waals surface area contributed by atoms with Crippen LogP contribution in [0.15, 0.2) is 0 Å². The summed E-state index contributed by atoms with van der Waals surface area (Å²) in [5.41, 5.74) is 0. The lowest BCUT2D eigenvalue weighted by atomic mass is 10.00. The number of carbonyl (C=O) groups is 3. The third kappa shape index (κ3) is 40.1. The lowest BCUT2D eigenvalue weighted by Gasteiger charge is -2.18. The summed E-state index contributed by atoms with van der Waals surface area (Å²) < 4.78 is 16.7. The first-order valence-corrected chi connectivity index (χ1v) is 23.6. The molecule has 6 heteroatoms. The topological polar surface area (TPSA) is 78.9 Å². The largest absolute Gasteiger partial charge is 0.462 e. The lowest BCUT2D eigenvalue weighted by Crippen LogP contribution is -2.30. The number of carbonyl (C=O) groups excluding carboxylic acids is 3. The summed E-state index contributed by atoms with van der Waals surface area (Å²) in [7, 11) is 0. The Bertz CT molecular complexity index is 839. The van der Waals surface area contributed by atoms with E-state index in [2.05, 4.69) is 41.5 Å². The Balaban J connectivity index is 4.33. The van der Waals surface area contributed by atoms with Crippen molar-refractivity contribution in [3.8, 4) is 0 Å². The van der Waals surface area contributed by atoms with Crippen molar-refractivity contribution in [2.45, 2.75) is 260 Å². The van der Waals surface area contributed by atoms with Crippen molar-refractivity contribution >= 4 is 17.9 Å². The molecule has 0 amide bonds. The predicted molar refractivity (Wildman–Crippen MR) is 229 cm³/mol. The fraction of sp³-hybridized carbons (Fsp3) is 0.938. The maximum Gasteiger partial charge on any atom is 0.306 e. The van der Waals surface area contributed by atoms with Gasteiger partial charge in [-0.05, 0) is 37.0 Å². The third-order valence-electron chi connectivity index (χ3n) is 11.0. The molecule has 0 heterocycles. The molecule has 0 saturated carbocycles. The molecule has 54 heavy (non-hydrogen) atoms. The van der Waals surface area contributed by atoms with Gasteiger partial charge in [0, 0.05) is 19.3 Å². The number of esters is 3. The molecule has 0 radical (unpaired) electrons. The molecule has 1 unspecified atom stereocenters. The summed E-state index contributed by atoms with van der Waals surface area (Å²) in [4.78, 5) is 37.7. The summed E-state index contributed by atoms with van der Waals surface area (Å²) >= 11 is 0. The van der Waals surface area contributed by atoms with Crippen molar-refractivity contribution in [2.24, 2.45) is 17.8 Å². The molecule has 0 aromatic carbocycles. The van der Waals surface area contributed by atoms with Gasteiger partial charge in [-0.25, -0.2) is 0 Å². The van der Waals surface area contributed by atoms with E-state index in [-0.39, 0.29) is 31.1 Å². The van der Waals surface area contributed by atoms with Crippen molar-refractivity contribution in [1.29, 1.82) is 0 Å². The van der Waals surface area contributed by atoms with Crippen molar-refractivity contribution in [3.05, 3.63) is 0 Å². The molecule has 2 atom stereocenters. The Morgan fingerprint density at radius 1 is 0.370 bits per heavy atom. The number of hydrogen-bond acceptors (Lipinski definition) is 6. The Hall–Kier alpha value is -1.59. The summed E-state index contributed by atoms with van der Waals surface area (Å²) in [6.07, 6.45) is 36.6. The molecule has 0 aliphatic heterocycles. The van der Waals surface area contributed by atoms with E-state index in [4.69, 9.17) is 14.2 Å². The number of rotatable bonds is 41. The molecule has 320 valence electrons. The van der Waals surface area contributed by atoms with Crippen LogP contribution in [-0.4, -0.2) is 37.2 Å². The van der Waals surface area contributed by atoms with Crippen LogP contribution in [0.5, 0.6) is 0 Å². The molecule has 0 aliphatic rings. The van der Waals surface area contributed by atoms with E-state index in [9.17, 15) is 14.4 Å². The van der Waals surface area contributed by atoms with E-state index in [1.54, 1.807) is 0 Å². The molecule has 0 bridgehead atoms. The summed E-state index contributed by atoms with van der Waals surface area (Å²) in [6, 6.07) is 0. The van der Waals surface area contributed by atoms with Crippen LogP contribution >= 0.6 is 0 Å². The van der Waals surface area contributed by atoms with Gasteiger partial charge >= 0.3 is 17.9 Å². The van der Waals surface area contributed by atoms with Gasteiger partial charge in [-0.15, -0.1) is 0 Å². The van der Waals surface area contributed by atoms with Gasteiger partial charge in [0.05, 0.1) is 0 Å². The summed E-state index contributed by atoms with van der Waals surface area (Å²) in [5, 5.41) is 0. The van der Waals surface area contributed by atoms with Gasteiger partial charge in [-0.2, -0.15) is 0 Å². The van der Waals surface area contributed by atoms with E-state index in [0.29, 0.717) is 19.3 Å². The highest BCUT2D eigenvalue weighted by atomic mass is 16.6. The Labute approximate surface area is 336 Å². The predicted octanol–water partition coefficient (Wildman–Crippen LogP) is 14.8. The molecule has 0 fully saturated rings. The van der Waals surface area contributed by atoms with E-state index >= 15 is 0 Å². The van der Waals surface area contributed by atoms with Gasteiger partial charge in [-0.1, -0.05) is 215 Å². The lowest BCUT2D eigenvalue weighted by molar-refractivity contribution is -0.167. The molecule has 0 aromatic rings. The average molecular weight is 765 g/mol. The zero-order chi connectivity index (χ0) is 39.9. The van der Waals surface area contributed by atoms with Gasteiger partial charge in [0.25, 0.3) is 0 Å². The van der Waals surface area contributed by atoms with Gasteiger partial charge in [-0.3, -0.25) is 14.4 Å². The first kappa shape index (κ1) is 52.4. The van der Waals surface area contributed by atoms with Crippen molar-refractivity contribution < 1.29 is 28.6 Å². The number of hydrogen-bond donors (Lipinski definition) is 0. The second kappa shape index (κ2) is 39.6. The first-order valence-electron chi connectivity index (χ1n) is 23.6. The van der Waals surface area contributed by atoms with Crippen LogP contribution in [-0.2, 0) is 28.6 Å². The summed E-state index contributed by atoms with van der Waals surface area (Å²) in [5.74, 6) is 1.58. The zero-order valence-corrected chi connectivity index (χ0v) is 37.0. The third-order valence-corrected chi connectivity index (χ3v) is 11.0. The standard InChI is InChI=1S/C48H92O6/c1-7-44(6)36-30-24-20-21-27-33-39-48(51)54-45(41-53-47(50)38-32-26-19-15-11-13-17-23-29-35-43(4)5)40-52-46(49)37-31-25-18-14-10-8-9-12-16-22-28-34-42(2)3/h42-45H,7-41H2,1-6H3/t44?,45-/m1/s1. The van der Waals surface area contributed by atoms with E-state index in [0.717, 1.165) is 75.5 Å². The summed E-state index contributed by atoms with van der Waals surface area (Å²) in [6.45, 7) is 13.6. The van der Waals surface area contributed by atoms with Crippen LogP contribution in [0.25, 0.3) is 0 Å². The molecule has 0 N–H and O–H groups in total. The van der Waals surface area contributed by atoms with E-state index in [1.807, 2.05) is 0 Å². The highest BCUT2D eigenvalue weighted by Gasteiger charge is 2.19. The van der Waals surface area contributed by atoms with Crippen LogP contribution in [0.3, 0.4) is 0 Å². The van der Waals surface area contributed by atoms with Gasteiger partial charge in [0.1, 0.15) is 13.2 Å². The van der Waals surface area contributed by atoms with Crippen molar-refractivity contribution in [2.75, 3.05) is 13.2 Å². The fourth-order valence-electron chi connectivity index (χ4n) is 7.02. The highest BCUT2D eigenvalue weighted by Crippen LogP contribution is 2.17. The van der Waals surface area contributed by atoms with Crippen molar-refractivity contribution in [3.63, 3.8) is 0 Å². The van der Waals surface area contributed by atoms with E-state index in [1.165, 1.54) is 135 Å². The molecular weight excluding hydrogens is 673 g/mol. The monoisotopic (exact) mass is 765 g/mol. The molecular formula is C48H92O6. The highest BCUT2D eigenvalue weighted by molar-refractivity contribution is 5.71. The first-order chi connectivity index (χ1) is 26.1. The smallest absolute Gasteiger partial charge is 0.306 e. The van der Waals surface area contributed by atoms with Gasteiger partial charge in [0.15, 0.2) is 6.10 Å². The number of unbranched alkanes of at least 4 members (excludes halogenated alkanes) is 23. The van der Waals surface area contributed by atoms with Crippen LogP contribution < -0.4 is 0 Å². The molecule has 0 aliphatic carbocycles. The fourth-order valence-corrected chi connectivity index (χ4v) is 7.02.